The van der Waals surface area contributed by atoms with E-state index in [2.05, 4.69) is 9.97 Å². The van der Waals surface area contributed by atoms with Gasteiger partial charge in [-0.3, -0.25) is 4.57 Å². The maximum Gasteiger partial charge on any atom is 0.350 e. The molecule has 2 heterocycles. The van der Waals surface area contributed by atoms with Crippen LogP contribution in [0, 0.1) is 6.92 Å². The van der Waals surface area contributed by atoms with Crippen LogP contribution < -0.4 is 0 Å². The first-order chi connectivity index (χ1) is 10.4. The van der Waals surface area contributed by atoms with Crippen LogP contribution >= 0.6 is 11.3 Å². The minimum absolute atomic E-state index is 0.397. The van der Waals surface area contributed by atoms with Crippen molar-refractivity contribution >= 4 is 29.5 Å². The first kappa shape index (κ1) is 14.7. The maximum atomic E-state index is 11.7. The summed E-state index contributed by atoms with van der Waals surface area (Å²) >= 11 is 1.25. The van der Waals surface area contributed by atoms with Crippen molar-refractivity contribution in [3.63, 3.8) is 0 Å². The van der Waals surface area contributed by atoms with Gasteiger partial charge in [0.2, 0.25) is 0 Å². The quantitative estimate of drug-likeness (QED) is 0.859. The van der Waals surface area contributed by atoms with Gasteiger partial charge in [-0.1, -0.05) is 11.3 Å². The van der Waals surface area contributed by atoms with Gasteiger partial charge in [0.25, 0.3) is 0 Å². The first-order valence-electron chi connectivity index (χ1n) is 6.65. The van der Waals surface area contributed by atoms with E-state index in [-0.39, 0.29) is 0 Å². The smallest absolute Gasteiger partial charge is 0.350 e. The molecule has 2 aromatic rings. The minimum Gasteiger partial charge on any atom is -0.465 e. The van der Waals surface area contributed by atoms with E-state index in [4.69, 9.17) is 4.74 Å². The fourth-order valence-corrected chi connectivity index (χ4v) is 3.11. The number of ether oxygens (including phenoxy) is 1. The van der Waals surface area contributed by atoms with Gasteiger partial charge in [-0.2, -0.15) is 0 Å². The van der Waals surface area contributed by atoms with E-state index in [9.17, 15) is 9.90 Å². The molecule has 0 radical (unpaired) electrons. The lowest BCUT2D eigenvalue weighted by Crippen LogP contribution is -2.15. The first-order valence-corrected chi connectivity index (χ1v) is 7.47. The average Bonchev–Trinajstić information content (AvgIpc) is 3.01. The summed E-state index contributed by atoms with van der Waals surface area (Å²) in [4.78, 5) is 20.9. The van der Waals surface area contributed by atoms with E-state index >= 15 is 0 Å². The Morgan fingerprint density at radius 2 is 2.14 bits per heavy atom. The highest BCUT2D eigenvalue weighted by atomic mass is 32.1. The molecule has 1 atom stereocenters. The molecule has 0 aliphatic heterocycles. The van der Waals surface area contributed by atoms with Gasteiger partial charge in [-0.15, -0.1) is 0 Å². The number of esters is 1. The molecule has 1 aliphatic carbocycles. The Labute approximate surface area is 131 Å². The Hall–Kier alpha value is -2.25. The molecule has 0 amide bonds. The molecule has 1 unspecified atom stereocenters. The number of carbonyl (C=O) groups excluding carboxylic acids is 1. The van der Waals surface area contributed by atoms with Crippen LogP contribution in [0.15, 0.2) is 18.5 Å². The lowest BCUT2D eigenvalue weighted by molar-refractivity contribution is 0.0605. The second kappa shape index (κ2) is 5.19. The number of thiazole rings is 1. The third-order valence-electron chi connectivity index (χ3n) is 3.35. The summed E-state index contributed by atoms with van der Waals surface area (Å²) in [5.41, 5.74) is 1.15. The van der Waals surface area contributed by atoms with E-state index in [0.717, 1.165) is 11.4 Å². The summed E-state index contributed by atoms with van der Waals surface area (Å²) in [5.74, 6) is -0.397. The SMILES string of the molecule is COC(=O)c1sc(-n2cnc3c2C=CC(C)(O)C=C3)nc1C. The molecule has 7 heteroatoms. The van der Waals surface area contributed by atoms with Crippen LogP contribution in [0.4, 0.5) is 0 Å². The van der Waals surface area contributed by atoms with Crippen LogP contribution in [0.3, 0.4) is 0 Å². The molecule has 0 saturated carbocycles. The second-order valence-corrected chi connectivity index (χ2v) is 6.16. The lowest BCUT2D eigenvalue weighted by atomic mass is 10.1. The van der Waals surface area contributed by atoms with Crippen molar-refractivity contribution < 1.29 is 14.6 Å². The van der Waals surface area contributed by atoms with Crippen LogP contribution in [-0.4, -0.2) is 38.3 Å². The van der Waals surface area contributed by atoms with Crippen LogP contribution in [0.1, 0.15) is 33.7 Å². The molecule has 3 rings (SSSR count). The zero-order valence-corrected chi connectivity index (χ0v) is 13.2. The molecule has 6 nitrogen and oxygen atoms in total. The summed E-state index contributed by atoms with van der Waals surface area (Å²) in [6.07, 6.45) is 8.60. The van der Waals surface area contributed by atoms with Crippen LogP contribution in [0.2, 0.25) is 0 Å². The molecular weight excluding hydrogens is 302 g/mol. The molecule has 0 saturated heterocycles. The summed E-state index contributed by atoms with van der Waals surface area (Å²) in [5, 5.41) is 10.7. The molecular formula is C15H15N3O3S. The average molecular weight is 317 g/mol. The molecule has 22 heavy (non-hydrogen) atoms. The molecule has 0 spiro atoms. The van der Waals surface area contributed by atoms with E-state index in [1.54, 1.807) is 49.0 Å². The Morgan fingerprint density at radius 3 is 2.86 bits per heavy atom. The highest BCUT2D eigenvalue weighted by Gasteiger charge is 2.21. The van der Waals surface area contributed by atoms with Gasteiger partial charge in [0.05, 0.1) is 29.8 Å². The molecule has 1 aliphatic rings. The predicted octanol–water partition coefficient (Wildman–Crippen LogP) is 2.21. The molecule has 0 aromatic carbocycles. The fraction of sp³-hybridized carbons (Fsp3) is 0.267. The molecule has 0 bridgehead atoms. The summed E-state index contributed by atoms with van der Waals surface area (Å²) < 4.78 is 6.55. The third-order valence-corrected chi connectivity index (χ3v) is 4.49. The van der Waals surface area contributed by atoms with Gasteiger partial charge >= 0.3 is 5.97 Å². The monoisotopic (exact) mass is 317 g/mol. The minimum atomic E-state index is -1.01. The van der Waals surface area contributed by atoms with Gasteiger partial charge in [-0.05, 0) is 38.2 Å². The number of hydrogen-bond acceptors (Lipinski definition) is 6. The van der Waals surface area contributed by atoms with Crippen LogP contribution in [0.25, 0.3) is 17.3 Å². The molecule has 114 valence electrons. The predicted molar refractivity (Wildman–Crippen MR) is 84.0 cm³/mol. The van der Waals surface area contributed by atoms with Gasteiger partial charge in [-0.25, -0.2) is 14.8 Å². The van der Waals surface area contributed by atoms with Gasteiger partial charge < -0.3 is 9.84 Å². The van der Waals surface area contributed by atoms with Gasteiger partial charge in [0.1, 0.15) is 11.2 Å². The lowest BCUT2D eigenvalue weighted by Gasteiger charge is -2.11. The number of carbonyl (C=O) groups is 1. The number of rotatable bonds is 2. The number of aliphatic hydroxyl groups is 1. The second-order valence-electron chi connectivity index (χ2n) is 5.18. The van der Waals surface area contributed by atoms with Crippen molar-refractivity contribution in [3.05, 3.63) is 40.4 Å². The Kier molecular flexibility index (Phi) is 3.46. The largest absolute Gasteiger partial charge is 0.465 e. The van der Waals surface area contributed by atoms with Crippen molar-refractivity contribution in [2.45, 2.75) is 19.4 Å². The van der Waals surface area contributed by atoms with Crippen LogP contribution in [0.5, 0.6) is 0 Å². The Balaban J connectivity index is 2.08. The Morgan fingerprint density at radius 1 is 1.41 bits per heavy atom. The summed E-state index contributed by atoms with van der Waals surface area (Å²) in [6, 6.07) is 0. The van der Waals surface area contributed by atoms with E-state index in [0.29, 0.717) is 15.7 Å². The van der Waals surface area contributed by atoms with Gasteiger partial charge in [0, 0.05) is 0 Å². The summed E-state index contributed by atoms with van der Waals surface area (Å²) in [6.45, 7) is 3.46. The number of methoxy groups -OCH3 is 1. The van der Waals surface area contributed by atoms with Gasteiger partial charge in [0.15, 0.2) is 5.13 Å². The van der Waals surface area contributed by atoms with Crippen molar-refractivity contribution in [1.82, 2.24) is 14.5 Å². The number of fused-ring (bicyclic) bond motifs is 1. The van der Waals surface area contributed by atoms with E-state index < -0.39 is 11.6 Å². The Bertz CT molecular complexity index is 799. The molecule has 2 aromatic heterocycles. The van der Waals surface area contributed by atoms with E-state index in [1.807, 2.05) is 0 Å². The maximum absolute atomic E-state index is 11.7. The van der Waals surface area contributed by atoms with Crippen molar-refractivity contribution in [2.75, 3.05) is 7.11 Å². The highest BCUT2D eigenvalue weighted by molar-refractivity contribution is 7.16. The molecule has 1 N–H and O–H groups in total. The summed E-state index contributed by atoms with van der Waals surface area (Å²) in [7, 11) is 1.35. The zero-order chi connectivity index (χ0) is 15.9. The number of imidazole rings is 1. The standard InChI is InChI=1S/C15H15N3O3S/c1-9-12(13(19)21-3)22-14(17-9)18-8-16-10-4-6-15(2,20)7-5-11(10)18/h4-8,20H,1-3H3. The van der Waals surface area contributed by atoms with Crippen molar-refractivity contribution in [3.8, 4) is 5.13 Å². The molecule has 0 fully saturated rings. The van der Waals surface area contributed by atoms with Crippen LogP contribution in [-0.2, 0) is 4.74 Å². The zero-order valence-electron chi connectivity index (χ0n) is 12.4. The normalized spacial score (nSPS) is 19.8. The van der Waals surface area contributed by atoms with Crippen molar-refractivity contribution in [1.29, 1.82) is 0 Å². The third kappa shape index (κ3) is 2.49. The fourth-order valence-electron chi connectivity index (χ4n) is 2.14. The topological polar surface area (TPSA) is 77.2 Å². The van der Waals surface area contributed by atoms with E-state index in [1.165, 1.54) is 18.4 Å². The highest BCUT2D eigenvalue weighted by Crippen LogP contribution is 2.27. The number of aryl methyl sites for hydroxylation is 1. The number of aromatic nitrogens is 3. The number of hydrogen-bond donors (Lipinski definition) is 1. The van der Waals surface area contributed by atoms with Crippen molar-refractivity contribution in [2.24, 2.45) is 0 Å². The number of nitrogens with zero attached hydrogens (tertiary/aromatic N) is 3.